The number of carbonyl (C=O) groups is 1. The average Bonchev–Trinajstić information content (AvgIpc) is 3.06. The van der Waals surface area contributed by atoms with Gasteiger partial charge in [0.25, 0.3) is 5.91 Å². The van der Waals surface area contributed by atoms with Gasteiger partial charge in [0, 0.05) is 12.1 Å². The average molecular weight is 381 g/mol. The number of likely N-dealkylation sites (tertiary alicyclic amines) is 1. The molecule has 0 saturated carbocycles. The summed E-state index contributed by atoms with van der Waals surface area (Å²) in [7, 11) is 0. The summed E-state index contributed by atoms with van der Waals surface area (Å²) in [6.07, 6.45) is 3.75. The Morgan fingerprint density at radius 2 is 1.82 bits per heavy atom. The van der Waals surface area contributed by atoms with Gasteiger partial charge in [-0.05, 0) is 60.9 Å². The van der Waals surface area contributed by atoms with Crippen LogP contribution in [0.25, 0.3) is 11.3 Å². The molecule has 1 aliphatic heterocycles. The number of rotatable bonds is 3. The monoisotopic (exact) mass is 381 g/mol. The van der Waals surface area contributed by atoms with Crippen LogP contribution in [0.1, 0.15) is 47.8 Å². The van der Waals surface area contributed by atoms with Gasteiger partial charge in [0.2, 0.25) is 0 Å². The number of aromatic nitrogens is 2. The minimum atomic E-state index is -0.321. The lowest BCUT2D eigenvalue weighted by atomic mass is 10.0. The van der Waals surface area contributed by atoms with Gasteiger partial charge in [-0.25, -0.2) is 8.78 Å². The Kier molecular flexibility index (Phi) is 5.19. The lowest BCUT2D eigenvalue weighted by Crippen LogP contribution is -2.35. The quantitative estimate of drug-likeness (QED) is 0.685. The number of aromatic amines is 1. The van der Waals surface area contributed by atoms with E-state index >= 15 is 0 Å². The third-order valence-corrected chi connectivity index (χ3v) is 5.20. The highest BCUT2D eigenvalue weighted by Gasteiger charge is 2.29. The van der Waals surface area contributed by atoms with Crippen LogP contribution < -0.4 is 0 Å². The van der Waals surface area contributed by atoms with Crippen molar-refractivity contribution in [3.05, 3.63) is 77.5 Å². The minimum Gasteiger partial charge on any atom is -0.330 e. The van der Waals surface area contributed by atoms with Crippen LogP contribution in [0.5, 0.6) is 0 Å². The van der Waals surface area contributed by atoms with E-state index in [2.05, 4.69) is 10.2 Å². The van der Waals surface area contributed by atoms with Crippen LogP contribution in [0, 0.1) is 11.6 Å². The van der Waals surface area contributed by atoms with Crippen molar-refractivity contribution in [3.63, 3.8) is 0 Å². The van der Waals surface area contributed by atoms with Crippen LogP contribution in [0.3, 0.4) is 0 Å². The highest BCUT2D eigenvalue weighted by molar-refractivity contribution is 5.93. The fourth-order valence-corrected chi connectivity index (χ4v) is 3.77. The lowest BCUT2D eigenvalue weighted by Gasteiger charge is -2.30. The Balaban J connectivity index is 1.62. The summed E-state index contributed by atoms with van der Waals surface area (Å²) >= 11 is 0. The smallest absolute Gasteiger partial charge is 0.272 e. The van der Waals surface area contributed by atoms with Crippen LogP contribution in [-0.2, 0) is 0 Å². The van der Waals surface area contributed by atoms with Gasteiger partial charge in [-0.1, -0.05) is 25.0 Å². The van der Waals surface area contributed by atoms with E-state index in [1.165, 1.54) is 24.3 Å². The molecule has 0 bridgehead atoms. The number of amides is 1. The fraction of sp³-hybridized carbons (Fsp3) is 0.273. The molecular formula is C22H21F2N3O. The SMILES string of the molecule is O=C(c1cc(-c2ccc(F)cc2)n[nH]1)N1CCCCC[C@@H]1c1cccc(F)c1. The Labute approximate surface area is 162 Å². The van der Waals surface area contributed by atoms with E-state index < -0.39 is 0 Å². The van der Waals surface area contributed by atoms with Crippen LogP contribution in [0.15, 0.2) is 54.6 Å². The van der Waals surface area contributed by atoms with Crippen molar-refractivity contribution in [3.8, 4) is 11.3 Å². The second-order valence-corrected chi connectivity index (χ2v) is 7.09. The molecule has 1 saturated heterocycles. The van der Waals surface area contributed by atoms with E-state index in [4.69, 9.17) is 0 Å². The third kappa shape index (κ3) is 3.81. The van der Waals surface area contributed by atoms with Crippen molar-refractivity contribution >= 4 is 5.91 Å². The van der Waals surface area contributed by atoms with E-state index in [1.807, 2.05) is 11.0 Å². The molecule has 28 heavy (non-hydrogen) atoms. The molecule has 0 aliphatic carbocycles. The molecule has 1 atom stereocenters. The molecule has 0 spiro atoms. The normalized spacial score (nSPS) is 17.4. The zero-order valence-corrected chi connectivity index (χ0v) is 15.4. The molecule has 2 heterocycles. The van der Waals surface area contributed by atoms with Gasteiger partial charge in [0.15, 0.2) is 0 Å². The van der Waals surface area contributed by atoms with E-state index in [9.17, 15) is 13.6 Å². The standard InChI is InChI=1S/C22H21F2N3O/c23-17-10-8-15(9-11-17)19-14-20(26-25-19)22(28)27-12-3-1-2-7-21(27)16-5-4-6-18(24)13-16/h4-6,8-11,13-14,21H,1-3,7,12H2,(H,25,26)/t21-/m1/s1. The van der Waals surface area contributed by atoms with E-state index in [0.717, 1.165) is 36.8 Å². The Hall–Kier alpha value is -3.02. The van der Waals surface area contributed by atoms with Gasteiger partial charge in [-0.3, -0.25) is 9.89 Å². The molecule has 1 amide bonds. The Bertz CT molecular complexity index is 968. The van der Waals surface area contributed by atoms with Crippen molar-refractivity contribution in [2.24, 2.45) is 0 Å². The number of H-pyrrole nitrogens is 1. The molecule has 1 aliphatic rings. The predicted molar refractivity (Wildman–Crippen MR) is 103 cm³/mol. The van der Waals surface area contributed by atoms with Crippen LogP contribution in [0.4, 0.5) is 8.78 Å². The van der Waals surface area contributed by atoms with E-state index in [1.54, 1.807) is 24.3 Å². The largest absolute Gasteiger partial charge is 0.330 e. The van der Waals surface area contributed by atoms with Crippen LogP contribution >= 0.6 is 0 Å². The first-order valence-electron chi connectivity index (χ1n) is 9.49. The number of nitrogens with zero attached hydrogens (tertiary/aromatic N) is 2. The number of benzene rings is 2. The van der Waals surface area contributed by atoms with E-state index in [-0.39, 0.29) is 23.6 Å². The highest BCUT2D eigenvalue weighted by atomic mass is 19.1. The first-order valence-corrected chi connectivity index (χ1v) is 9.49. The first-order chi connectivity index (χ1) is 13.6. The maximum atomic E-state index is 13.7. The van der Waals surface area contributed by atoms with Gasteiger partial charge >= 0.3 is 0 Å². The summed E-state index contributed by atoms with van der Waals surface area (Å²) in [6, 6.07) is 14.0. The molecule has 4 nitrogen and oxygen atoms in total. The van der Waals surface area contributed by atoms with Gasteiger partial charge in [-0.2, -0.15) is 5.10 Å². The Morgan fingerprint density at radius 3 is 2.61 bits per heavy atom. The number of halogens is 2. The van der Waals surface area contributed by atoms with Crippen molar-refractivity contribution < 1.29 is 13.6 Å². The summed E-state index contributed by atoms with van der Waals surface area (Å²) < 4.78 is 26.9. The molecule has 3 aromatic rings. The number of hydrogen-bond acceptors (Lipinski definition) is 2. The lowest BCUT2D eigenvalue weighted by molar-refractivity contribution is 0.0674. The van der Waals surface area contributed by atoms with Crippen molar-refractivity contribution in [1.29, 1.82) is 0 Å². The van der Waals surface area contributed by atoms with Crippen molar-refractivity contribution in [1.82, 2.24) is 15.1 Å². The second kappa shape index (κ2) is 7.92. The number of nitrogens with one attached hydrogen (secondary N) is 1. The minimum absolute atomic E-state index is 0.156. The highest BCUT2D eigenvalue weighted by Crippen LogP contribution is 2.32. The summed E-state index contributed by atoms with van der Waals surface area (Å²) in [5.74, 6) is -0.774. The summed E-state index contributed by atoms with van der Waals surface area (Å²) in [6.45, 7) is 0.616. The summed E-state index contributed by atoms with van der Waals surface area (Å²) in [5, 5.41) is 7.02. The summed E-state index contributed by atoms with van der Waals surface area (Å²) in [4.78, 5) is 15.0. The Morgan fingerprint density at radius 1 is 1.00 bits per heavy atom. The maximum Gasteiger partial charge on any atom is 0.272 e. The maximum absolute atomic E-state index is 13.7. The summed E-state index contributed by atoms with van der Waals surface area (Å²) in [5.41, 5.74) is 2.51. The molecule has 1 aromatic heterocycles. The molecule has 0 radical (unpaired) electrons. The molecule has 1 fully saturated rings. The van der Waals surface area contributed by atoms with E-state index in [0.29, 0.717) is 17.9 Å². The van der Waals surface area contributed by atoms with Gasteiger partial charge < -0.3 is 4.90 Å². The van der Waals surface area contributed by atoms with Crippen molar-refractivity contribution in [2.75, 3.05) is 6.54 Å². The molecule has 0 unspecified atom stereocenters. The van der Waals surface area contributed by atoms with Crippen LogP contribution in [-0.4, -0.2) is 27.5 Å². The number of carbonyl (C=O) groups excluding carboxylic acids is 1. The molecule has 1 N–H and O–H groups in total. The molecule has 4 rings (SSSR count). The molecule has 144 valence electrons. The van der Waals surface area contributed by atoms with Gasteiger partial charge in [0.1, 0.15) is 17.3 Å². The fourth-order valence-electron chi connectivity index (χ4n) is 3.77. The van der Waals surface area contributed by atoms with Gasteiger partial charge in [-0.15, -0.1) is 0 Å². The molecular weight excluding hydrogens is 360 g/mol. The second-order valence-electron chi connectivity index (χ2n) is 7.09. The van der Waals surface area contributed by atoms with Crippen molar-refractivity contribution in [2.45, 2.75) is 31.7 Å². The third-order valence-electron chi connectivity index (χ3n) is 5.20. The predicted octanol–water partition coefficient (Wildman–Crippen LogP) is 5.11. The zero-order chi connectivity index (χ0) is 19.5. The number of hydrogen-bond donors (Lipinski definition) is 1. The molecule has 2 aromatic carbocycles. The zero-order valence-electron chi connectivity index (χ0n) is 15.4. The topological polar surface area (TPSA) is 49.0 Å². The van der Waals surface area contributed by atoms with Gasteiger partial charge in [0.05, 0.1) is 11.7 Å². The molecule has 6 heteroatoms. The van der Waals surface area contributed by atoms with Crippen LogP contribution in [0.2, 0.25) is 0 Å². The first kappa shape index (κ1) is 18.3.